The van der Waals surface area contributed by atoms with Crippen LogP contribution in [0.3, 0.4) is 0 Å². The Kier molecular flexibility index (Phi) is 7.17. The molecule has 0 heterocycles. The highest BCUT2D eigenvalue weighted by Crippen LogP contribution is 2.71. The zero-order valence-electron chi connectivity index (χ0n) is 22.1. The second-order valence-electron chi connectivity index (χ2n) is 13.1. The van der Waals surface area contributed by atoms with Crippen molar-refractivity contribution in [1.29, 1.82) is 0 Å². The number of hydrogen-bond donors (Lipinski definition) is 2. The number of nitrogens with two attached hydrogens (primary N) is 2. The highest BCUT2D eigenvalue weighted by atomic mass is 14.7. The van der Waals surface area contributed by atoms with Crippen molar-refractivity contribution in [3.63, 3.8) is 0 Å². The SMILES string of the molecule is CC.CC(N)CC1C2CCC3C(C)(CCC4C(C)(C)C=CCC43C)C2CCC1(C)CN. The van der Waals surface area contributed by atoms with E-state index in [1.807, 2.05) is 13.8 Å². The van der Waals surface area contributed by atoms with Gasteiger partial charge in [0.05, 0.1) is 0 Å². The second-order valence-corrected chi connectivity index (χ2v) is 13.1. The van der Waals surface area contributed by atoms with E-state index >= 15 is 0 Å². The average Bonchev–Trinajstić information content (AvgIpc) is 2.70. The minimum atomic E-state index is 0.285. The first-order valence-corrected chi connectivity index (χ1v) is 13.6. The molecule has 0 aromatic rings. The highest BCUT2D eigenvalue weighted by molar-refractivity contribution is 5.18. The van der Waals surface area contributed by atoms with Crippen LogP contribution in [-0.2, 0) is 0 Å². The summed E-state index contributed by atoms with van der Waals surface area (Å²) in [6, 6.07) is 0.285. The average molecular weight is 431 g/mol. The van der Waals surface area contributed by atoms with Crippen molar-refractivity contribution in [3.05, 3.63) is 12.2 Å². The summed E-state index contributed by atoms with van der Waals surface area (Å²) < 4.78 is 0. The number of rotatable bonds is 3. The molecule has 9 atom stereocenters. The van der Waals surface area contributed by atoms with E-state index in [1.165, 1.54) is 44.9 Å². The standard InChI is InChI=1S/C27H48N2.C2H6/c1-18(29)16-21-19-8-9-23-26(5,20(19)10-14-25(21,4)17-28)15-11-22-24(2,3)12-7-13-27(22,23)6;1-2/h7,12,18-23H,8-11,13-17,28-29H2,1-6H3;1-2H3. The Morgan fingerprint density at radius 2 is 1.58 bits per heavy atom. The van der Waals surface area contributed by atoms with Gasteiger partial charge in [-0.3, -0.25) is 0 Å². The normalized spacial score (nSPS) is 49.0. The van der Waals surface area contributed by atoms with Gasteiger partial charge >= 0.3 is 0 Å². The third kappa shape index (κ3) is 3.96. The minimum absolute atomic E-state index is 0.285. The molecule has 0 bridgehead atoms. The molecule has 9 unspecified atom stereocenters. The van der Waals surface area contributed by atoms with Gasteiger partial charge in [-0.15, -0.1) is 0 Å². The molecule has 0 saturated heterocycles. The van der Waals surface area contributed by atoms with E-state index in [9.17, 15) is 0 Å². The van der Waals surface area contributed by atoms with Crippen LogP contribution in [0, 0.1) is 51.2 Å². The van der Waals surface area contributed by atoms with Crippen molar-refractivity contribution in [2.24, 2.45) is 62.7 Å². The molecule has 0 aromatic carbocycles. The molecular formula is C29H54N2. The third-order valence-corrected chi connectivity index (χ3v) is 11.0. The number of fused-ring (bicyclic) bond motifs is 5. The van der Waals surface area contributed by atoms with Gasteiger partial charge in [0.25, 0.3) is 0 Å². The second kappa shape index (κ2) is 8.79. The predicted octanol–water partition coefficient (Wildman–Crippen LogP) is 7.18. The zero-order chi connectivity index (χ0) is 23.2. The molecule has 4 N–H and O–H groups in total. The molecule has 4 aliphatic rings. The number of allylic oxidation sites excluding steroid dienone is 2. The summed E-state index contributed by atoms with van der Waals surface area (Å²) in [5, 5.41) is 0. The van der Waals surface area contributed by atoms with Crippen LogP contribution in [0.4, 0.5) is 0 Å². The molecule has 0 radical (unpaired) electrons. The Bertz CT molecular complexity index is 651. The van der Waals surface area contributed by atoms with Gasteiger partial charge in [-0.2, -0.15) is 0 Å². The van der Waals surface area contributed by atoms with Crippen LogP contribution in [0.2, 0.25) is 0 Å². The Balaban J connectivity index is 0.00000132. The van der Waals surface area contributed by atoms with Gasteiger partial charge in [0.15, 0.2) is 0 Å². The van der Waals surface area contributed by atoms with E-state index < -0.39 is 0 Å². The van der Waals surface area contributed by atoms with Gasteiger partial charge in [-0.05, 0) is 116 Å². The van der Waals surface area contributed by atoms with Crippen LogP contribution in [0.15, 0.2) is 12.2 Å². The van der Waals surface area contributed by atoms with Gasteiger partial charge in [-0.1, -0.05) is 60.6 Å². The molecule has 2 heteroatoms. The first-order chi connectivity index (χ1) is 14.5. The molecule has 0 aromatic heterocycles. The van der Waals surface area contributed by atoms with Crippen molar-refractivity contribution in [3.8, 4) is 0 Å². The van der Waals surface area contributed by atoms with Crippen molar-refractivity contribution < 1.29 is 0 Å². The van der Waals surface area contributed by atoms with E-state index in [-0.39, 0.29) is 11.5 Å². The van der Waals surface area contributed by atoms with Crippen molar-refractivity contribution in [1.82, 2.24) is 0 Å². The summed E-state index contributed by atoms with van der Waals surface area (Å²) in [6.45, 7) is 19.9. The van der Waals surface area contributed by atoms with Crippen LogP contribution in [-0.4, -0.2) is 12.6 Å². The van der Waals surface area contributed by atoms with Crippen molar-refractivity contribution in [2.45, 2.75) is 113 Å². The Hall–Kier alpha value is -0.340. The van der Waals surface area contributed by atoms with E-state index in [2.05, 4.69) is 53.7 Å². The van der Waals surface area contributed by atoms with Crippen molar-refractivity contribution in [2.75, 3.05) is 6.54 Å². The maximum atomic E-state index is 6.38. The molecule has 0 spiro atoms. The molecule has 2 nitrogen and oxygen atoms in total. The minimum Gasteiger partial charge on any atom is -0.330 e. The maximum absolute atomic E-state index is 6.38. The summed E-state index contributed by atoms with van der Waals surface area (Å²) in [6.07, 6.45) is 15.9. The van der Waals surface area contributed by atoms with E-state index in [1.54, 1.807) is 0 Å². The molecule has 180 valence electrons. The maximum Gasteiger partial charge on any atom is 0.00134 e. The largest absolute Gasteiger partial charge is 0.330 e. The van der Waals surface area contributed by atoms with Gasteiger partial charge < -0.3 is 11.5 Å². The van der Waals surface area contributed by atoms with E-state index in [4.69, 9.17) is 11.5 Å². The molecule has 3 saturated carbocycles. The van der Waals surface area contributed by atoms with Crippen LogP contribution in [0.25, 0.3) is 0 Å². The third-order valence-electron chi connectivity index (χ3n) is 11.0. The van der Waals surface area contributed by atoms with E-state index in [0.29, 0.717) is 22.2 Å². The quantitative estimate of drug-likeness (QED) is 0.466. The van der Waals surface area contributed by atoms with Gasteiger partial charge in [0.1, 0.15) is 0 Å². The Labute approximate surface area is 194 Å². The Morgan fingerprint density at radius 1 is 0.903 bits per heavy atom. The summed E-state index contributed by atoms with van der Waals surface area (Å²) in [5.41, 5.74) is 14.4. The van der Waals surface area contributed by atoms with Crippen molar-refractivity contribution >= 4 is 0 Å². The fourth-order valence-corrected chi connectivity index (χ4v) is 9.67. The van der Waals surface area contributed by atoms with Crippen LogP contribution >= 0.6 is 0 Å². The van der Waals surface area contributed by atoms with Gasteiger partial charge in [0, 0.05) is 6.04 Å². The molecule has 0 amide bonds. The summed E-state index contributed by atoms with van der Waals surface area (Å²) in [4.78, 5) is 0. The Morgan fingerprint density at radius 3 is 2.19 bits per heavy atom. The molecule has 4 rings (SSSR count). The molecule has 31 heavy (non-hydrogen) atoms. The fourth-order valence-electron chi connectivity index (χ4n) is 9.67. The van der Waals surface area contributed by atoms with Crippen LogP contribution in [0.1, 0.15) is 107 Å². The lowest BCUT2D eigenvalue weighted by Gasteiger charge is -2.68. The molecule has 4 aliphatic carbocycles. The lowest BCUT2D eigenvalue weighted by Crippen LogP contribution is -2.61. The number of hydrogen-bond acceptors (Lipinski definition) is 2. The van der Waals surface area contributed by atoms with Crippen LogP contribution < -0.4 is 11.5 Å². The van der Waals surface area contributed by atoms with Gasteiger partial charge in [-0.25, -0.2) is 0 Å². The monoisotopic (exact) mass is 430 g/mol. The molecule has 3 fully saturated rings. The first-order valence-electron chi connectivity index (χ1n) is 13.6. The lowest BCUT2D eigenvalue weighted by molar-refractivity contribution is -0.181. The highest BCUT2D eigenvalue weighted by Gasteiger charge is 2.63. The predicted molar refractivity (Wildman–Crippen MR) is 136 cm³/mol. The first kappa shape index (κ1) is 25.3. The fraction of sp³-hybridized carbons (Fsp3) is 0.931. The van der Waals surface area contributed by atoms with E-state index in [0.717, 1.165) is 36.6 Å². The lowest BCUT2D eigenvalue weighted by atomic mass is 9.37. The zero-order valence-corrected chi connectivity index (χ0v) is 22.1. The summed E-state index contributed by atoms with van der Waals surface area (Å²) in [7, 11) is 0. The van der Waals surface area contributed by atoms with Crippen LogP contribution in [0.5, 0.6) is 0 Å². The van der Waals surface area contributed by atoms with Gasteiger partial charge in [0.2, 0.25) is 0 Å². The summed E-state index contributed by atoms with van der Waals surface area (Å²) in [5.74, 6) is 4.12. The summed E-state index contributed by atoms with van der Waals surface area (Å²) >= 11 is 0. The molecular weight excluding hydrogens is 376 g/mol. The topological polar surface area (TPSA) is 52.0 Å². The molecule has 0 aliphatic heterocycles. The smallest absolute Gasteiger partial charge is 0.00134 e.